The van der Waals surface area contributed by atoms with Gasteiger partial charge in [-0.05, 0) is 61.4 Å². The third-order valence-corrected chi connectivity index (χ3v) is 8.33. The van der Waals surface area contributed by atoms with Crippen LogP contribution in [-0.2, 0) is 26.2 Å². The van der Waals surface area contributed by atoms with Crippen LogP contribution >= 0.6 is 11.6 Å². The third-order valence-electron chi connectivity index (χ3n) is 8.08. The maximum absolute atomic E-state index is 13.6. The van der Waals surface area contributed by atoms with Gasteiger partial charge in [0.15, 0.2) is 0 Å². The van der Waals surface area contributed by atoms with Crippen molar-refractivity contribution in [2.75, 3.05) is 31.2 Å². The molecule has 2 aliphatic heterocycles. The first-order chi connectivity index (χ1) is 16.6. The zero-order valence-corrected chi connectivity index (χ0v) is 20.4. The zero-order chi connectivity index (χ0) is 23.5. The van der Waals surface area contributed by atoms with Crippen LogP contribution in [0.5, 0.6) is 0 Å². The van der Waals surface area contributed by atoms with Crippen molar-refractivity contribution < 1.29 is 14.3 Å². The highest BCUT2D eigenvalue weighted by Crippen LogP contribution is 2.38. The monoisotopic (exact) mass is 480 g/mol. The van der Waals surface area contributed by atoms with Crippen LogP contribution in [0.3, 0.4) is 0 Å². The lowest BCUT2D eigenvalue weighted by atomic mass is 9.73. The summed E-state index contributed by atoms with van der Waals surface area (Å²) in [5, 5.41) is 3.98. The summed E-state index contributed by atoms with van der Waals surface area (Å²) in [7, 11) is 0. The van der Waals surface area contributed by atoms with Crippen LogP contribution < -0.4 is 10.2 Å². The van der Waals surface area contributed by atoms with Crippen LogP contribution in [-0.4, -0.2) is 38.1 Å². The fourth-order valence-electron chi connectivity index (χ4n) is 6.03. The summed E-state index contributed by atoms with van der Waals surface area (Å²) in [6, 6.07) is 16.1. The minimum atomic E-state index is -0.267. The molecule has 1 saturated carbocycles. The molecule has 2 unspecified atom stereocenters. The molecule has 0 bridgehead atoms. The number of hydrogen-bond acceptors (Lipinski definition) is 3. The standard InChI is InChI=1S/C28H33ClN2O3/c29-22-11-9-21(10-12-22)28(14-17-34-18-15-28)19-30-26(32)23-6-2-3-7-24(23)27(33)31-16-13-20-5-1-4-8-25(20)31/h1,4-5,8-12,23-24H,2-3,6-7,13-19H2,(H,30,32). The molecule has 0 spiro atoms. The smallest absolute Gasteiger partial charge is 0.230 e. The van der Waals surface area contributed by atoms with Gasteiger partial charge in [-0.1, -0.05) is 54.8 Å². The molecule has 1 N–H and O–H groups in total. The molecule has 1 saturated heterocycles. The molecule has 3 aliphatic rings. The van der Waals surface area contributed by atoms with Crippen LogP contribution in [0.4, 0.5) is 5.69 Å². The van der Waals surface area contributed by atoms with Gasteiger partial charge in [0, 0.05) is 48.3 Å². The van der Waals surface area contributed by atoms with E-state index < -0.39 is 0 Å². The Morgan fingerprint density at radius 3 is 2.47 bits per heavy atom. The molecule has 2 fully saturated rings. The highest BCUT2D eigenvalue weighted by molar-refractivity contribution is 6.30. The molecular formula is C28H33ClN2O3. The number of anilines is 1. The van der Waals surface area contributed by atoms with Crippen LogP contribution in [0, 0.1) is 11.8 Å². The fraction of sp³-hybridized carbons (Fsp3) is 0.500. The molecule has 2 amide bonds. The summed E-state index contributed by atoms with van der Waals surface area (Å²) >= 11 is 6.13. The first-order valence-corrected chi connectivity index (χ1v) is 13.0. The van der Waals surface area contributed by atoms with Gasteiger partial charge < -0.3 is 15.0 Å². The predicted molar refractivity (Wildman–Crippen MR) is 134 cm³/mol. The number of nitrogens with one attached hydrogen (secondary N) is 1. The number of fused-ring (bicyclic) bond motifs is 1. The van der Waals surface area contributed by atoms with E-state index in [9.17, 15) is 9.59 Å². The van der Waals surface area contributed by atoms with Gasteiger partial charge in [-0.2, -0.15) is 0 Å². The van der Waals surface area contributed by atoms with Gasteiger partial charge >= 0.3 is 0 Å². The van der Waals surface area contributed by atoms with Crippen molar-refractivity contribution in [3.8, 4) is 0 Å². The van der Waals surface area contributed by atoms with Crippen molar-refractivity contribution in [1.82, 2.24) is 5.32 Å². The van der Waals surface area contributed by atoms with Gasteiger partial charge in [-0.3, -0.25) is 9.59 Å². The summed E-state index contributed by atoms with van der Waals surface area (Å²) in [5.41, 5.74) is 3.25. The molecule has 0 aromatic heterocycles. The highest BCUT2D eigenvalue weighted by Gasteiger charge is 2.41. The van der Waals surface area contributed by atoms with E-state index in [4.69, 9.17) is 16.3 Å². The number of para-hydroxylation sites is 1. The van der Waals surface area contributed by atoms with Crippen molar-refractivity contribution in [2.45, 2.75) is 50.4 Å². The Morgan fingerprint density at radius 1 is 1.00 bits per heavy atom. The highest BCUT2D eigenvalue weighted by atomic mass is 35.5. The zero-order valence-electron chi connectivity index (χ0n) is 19.6. The Balaban J connectivity index is 1.30. The van der Waals surface area contributed by atoms with Crippen LogP contribution in [0.2, 0.25) is 5.02 Å². The summed E-state index contributed by atoms with van der Waals surface area (Å²) in [4.78, 5) is 29.0. The Morgan fingerprint density at radius 2 is 1.71 bits per heavy atom. The number of ether oxygens (including phenoxy) is 1. The second-order valence-electron chi connectivity index (χ2n) is 9.98. The van der Waals surface area contributed by atoms with Crippen molar-refractivity contribution in [3.05, 3.63) is 64.7 Å². The summed E-state index contributed by atoms with van der Waals surface area (Å²) < 4.78 is 5.64. The lowest BCUT2D eigenvalue weighted by molar-refractivity contribution is -0.135. The second kappa shape index (κ2) is 10.1. The van der Waals surface area contributed by atoms with Gasteiger partial charge in [0.25, 0.3) is 0 Å². The molecular weight excluding hydrogens is 448 g/mol. The number of nitrogens with zero attached hydrogens (tertiary/aromatic N) is 1. The number of rotatable bonds is 5. The molecule has 2 aromatic carbocycles. The van der Waals surface area contributed by atoms with E-state index in [1.807, 2.05) is 35.2 Å². The fourth-order valence-corrected chi connectivity index (χ4v) is 6.15. The number of hydrogen-bond donors (Lipinski definition) is 1. The molecule has 5 nitrogen and oxygen atoms in total. The average Bonchev–Trinajstić information content (AvgIpc) is 3.32. The minimum Gasteiger partial charge on any atom is -0.381 e. The number of halogens is 1. The number of carbonyl (C=O) groups is 2. The second-order valence-corrected chi connectivity index (χ2v) is 10.4. The molecule has 1 aliphatic carbocycles. The van der Waals surface area contributed by atoms with Gasteiger partial charge in [0.2, 0.25) is 11.8 Å². The van der Waals surface area contributed by atoms with Gasteiger partial charge in [-0.15, -0.1) is 0 Å². The Bertz CT molecular complexity index is 1030. The molecule has 6 heteroatoms. The van der Waals surface area contributed by atoms with E-state index in [2.05, 4.69) is 23.5 Å². The van der Waals surface area contributed by atoms with Crippen molar-refractivity contribution >= 4 is 29.1 Å². The van der Waals surface area contributed by atoms with Crippen LogP contribution in [0.15, 0.2) is 48.5 Å². The van der Waals surface area contributed by atoms with Crippen LogP contribution in [0.1, 0.15) is 49.7 Å². The maximum Gasteiger partial charge on any atom is 0.230 e. The van der Waals surface area contributed by atoms with Crippen molar-refractivity contribution in [2.24, 2.45) is 11.8 Å². The lowest BCUT2D eigenvalue weighted by Crippen LogP contribution is -2.49. The largest absolute Gasteiger partial charge is 0.381 e. The normalized spacial score (nSPS) is 23.9. The Labute approximate surface area is 206 Å². The topological polar surface area (TPSA) is 58.6 Å². The molecule has 2 heterocycles. The summed E-state index contributed by atoms with van der Waals surface area (Å²) in [6.45, 7) is 2.62. The molecule has 5 rings (SSSR count). The average molecular weight is 481 g/mol. The van der Waals surface area contributed by atoms with E-state index in [1.54, 1.807) is 0 Å². The number of amides is 2. The van der Waals surface area contributed by atoms with E-state index in [0.717, 1.165) is 50.6 Å². The maximum atomic E-state index is 13.6. The van der Waals surface area contributed by atoms with E-state index in [-0.39, 0.29) is 29.1 Å². The lowest BCUT2D eigenvalue weighted by Gasteiger charge is -2.39. The van der Waals surface area contributed by atoms with Gasteiger partial charge in [0.05, 0.1) is 5.92 Å². The van der Waals surface area contributed by atoms with Gasteiger partial charge in [-0.25, -0.2) is 0 Å². The van der Waals surface area contributed by atoms with E-state index in [0.29, 0.717) is 31.3 Å². The molecule has 34 heavy (non-hydrogen) atoms. The summed E-state index contributed by atoms with van der Waals surface area (Å²) in [5.74, 6) is -0.383. The first kappa shape index (κ1) is 23.4. The van der Waals surface area contributed by atoms with Crippen molar-refractivity contribution in [1.29, 1.82) is 0 Å². The first-order valence-electron chi connectivity index (χ1n) is 12.6. The van der Waals surface area contributed by atoms with Crippen molar-refractivity contribution in [3.63, 3.8) is 0 Å². The minimum absolute atomic E-state index is 0.0189. The molecule has 0 radical (unpaired) electrons. The summed E-state index contributed by atoms with van der Waals surface area (Å²) in [6.07, 6.45) is 6.15. The Kier molecular flexibility index (Phi) is 6.94. The SMILES string of the molecule is O=C(NCC1(c2ccc(Cl)cc2)CCOCC1)C1CCCCC1C(=O)N1CCc2ccccc21. The van der Waals surface area contributed by atoms with E-state index in [1.165, 1.54) is 11.1 Å². The van der Waals surface area contributed by atoms with Crippen LogP contribution in [0.25, 0.3) is 0 Å². The molecule has 2 atom stereocenters. The molecule has 2 aromatic rings. The van der Waals surface area contributed by atoms with Gasteiger partial charge in [0.1, 0.15) is 0 Å². The number of carbonyl (C=O) groups excluding carboxylic acids is 2. The predicted octanol–water partition coefficient (Wildman–Crippen LogP) is 4.90. The number of benzene rings is 2. The molecule has 180 valence electrons. The van der Waals surface area contributed by atoms with E-state index >= 15 is 0 Å². The third kappa shape index (κ3) is 4.60. The quantitative estimate of drug-likeness (QED) is 0.662. The Hall–Kier alpha value is -2.37.